The summed E-state index contributed by atoms with van der Waals surface area (Å²) in [6.45, 7) is 2.93. The molecule has 2 aromatic carbocycles. The molecule has 1 atom stereocenters. The molecule has 2 amide bonds. The van der Waals surface area contributed by atoms with Crippen molar-refractivity contribution < 1.29 is 31.2 Å². The smallest absolute Gasteiger partial charge is 0.248 e. The van der Waals surface area contributed by atoms with Crippen molar-refractivity contribution in [3.05, 3.63) is 59.4 Å². The van der Waals surface area contributed by atoms with Gasteiger partial charge in [0, 0.05) is 70.0 Å². The van der Waals surface area contributed by atoms with Crippen molar-refractivity contribution in [1.29, 1.82) is 0 Å². The van der Waals surface area contributed by atoms with Gasteiger partial charge < -0.3 is 15.5 Å². The van der Waals surface area contributed by atoms with Crippen molar-refractivity contribution in [3.8, 4) is 0 Å². The molecule has 1 aliphatic heterocycles. The lowest BCUT2D eigenvalue weighted by Gasteiger charge is -2.35. The predicted octanol–water partition coefficient (Wildman–Crippen LogP) is 3.82. The fourth-order valence-electron chi connectivity index (χ4n) is 6.10. The van der Waals surface area contributed by atoms with Crippen molar-refractivity contribution in [3.63, 3.8) is 0 Å². The monoisotopic (exact) mass is 606 g/mol. The Morgan fingerprint density at radius 3 is 2.29 bits per heavy atom. The van der Waals surface area contributed by atoms with E-state index in [0.717, 1.165) is 23.1 Å². The van der Waals surface area contributed by atoms with Gasteiger partial charge in [-0.2, -0.15) is 0 Å². The fourth-order valence-corrected chi connectivity index (χ4v) is 6.73. The minimum atomic E-state index is -3.27. The summed E-state index contributed by atoms with van der Waals surface area (Å²) in [6.07, 6.45) is 2.15. The highest BCUT2D eigenvalue weighted by molar-refractivity contribution is 7.90. The van der Waals surface area contributed by atoms with Crippen molar-refractivity contribution in [1.82, 2.24) is 15.1 Å². The topological polar surface area (TPSA) is 98.8 Å². The molecule has 12 heteroatoms. The number of hydrogen-bond acceptors (Lipinski definition) is 6. The van der Waals surface area contributed by atoms with E-state index in [-0.39, 0.29) is 53.2 Å². The van der Waals surface area contributed by atoms with Crippen LogP contribution in [-0.4, -0.2) is 74.9 Å². The molecule has 8 nitrogen and oxygen atoms in total. The molecule has 2 N–H and O–H groups in total. The van der Waals surface area contributed by atoms with Crippen molar-refractivity contribution in [2.75, 3.05) is 44.3 Å². The van der Waals surface area contributed by atoms with Crippen LogP contribution in [0.1, 0.15) is 43.2 Å². The second-order valence-corrected chi connectivity index (χ2v) is 13.9. The lowest BCUT2D eigenvalue weighted by molar-refractivity contribution is -0.135. The number of anilines is 1. The molecular formula is C30H37F3N4O4S. The highest BCUT2D eigenvalue weighted by atomic mass is 32.2. The Kier molecular flexibility index (Phi) is 8.58. The maximum absolute atomic E-state index is 14.1. The summed E-state index contributed by atoms with van der Waals surface area (Å²) in [4.78, 5) is 29.4. The number of nitrogens with one attached hydrogen (secondary N) is 2. The van der Waals surface area contributed by atoms with Crippen LogP contribution < -0.4 is 10.6 Å². The van der Waals surface area contributed by atoms with Crippen molar-refractivity contribution >= 4 is 27.3 Å². The Hall–Kier alpha value is -3.12. The van der Waals surface area contributed by atoms with E-state index < -0.39 is 15.8 Å². The van der Waals surface area contributed by atoms with Crippen LogP contribution in [0.2, 0.25) is 0 Å². The normalized spacial score (nSPS) is 21.6. The summed E-state index contributed by atoms with van der Waals surface area (Å²) < 4.78 is 64.5. The zero-order chi connectivity index (χ0) is 30.1. The lowest BCUT2D eigenvalue weighted by atomic mass is 9.82. The van der Waals surface area contributed by atoms with E-state index in [2.05, 4.69) is 15.5 Å². The first-order valence-corrected chi connectivity index (χ1v) is 16.2. The molecule has 1 unspecified atom stereocenters. The van der Waals surface area contributed by atoms with Gasteiger partial charge in [-0.1, -0.05) is 12.1 Å². The van der Waals surface area contributed by atoms with Gasteiger partial charge in [-0.05, 0) is 66.1 Å². The third-order valence-electron chi connectivity index (χ3n) is 8.92. The SMILES string of the molecule is CS(=O)(=O)c1ccc(CNc2ccc(F)cc2CN2CCN(C(=O)CNC(=O)C3CC34CCC(F)(F)CC4)CC2)cc1. The second kappa shape index (κ2) is 11.9. The molecule has 2 aliphatic carbocycles. The molecule has 0 aromatic heterocycles. The van der Waals surface area contributed by atoms with E-state index in [1.807, 2.05) is 0 Å². The van der Waals surface area contributed by atoms with E-state index in [1.54, 1.807) is 35.2 Å². The summed E-state index contributed by atoms with van der Waals surface area (Å²) in [6, 6.07) is 11.2. The van der Waals surface area contributed by atoms with E-state index in [9.17, 15) is 31.2 Å². The number of hydrogen-bond donors (Lipinski definition) is 2. The first-order valence-electron chi connectivity index (χ1n) is 14.3. The lowest BCUT2D eigenvalue weighted by Crippen LogP contribution is -2.51. The maximum atomic E-state index is 14.1. The van der Waals surface area contributed by atoms with E-state index >= 15 is 0 Å². The third kappa shape index (κ3) is 7.26. The molecule has 3 aliphatic rings. The van der Waals surface area contributed by atoms with Crippen LogP contribution in [0, 0.1) is 17.2 Å². The Morgan fingerprint density at radius 2 is 1.64 bits per heavy atom. The number of halogens is 3. The Balaban J connectivity index is 1.07. The number of piperazine rings is 1. The average Bonchev–Trinajstić information content (AvgIpc) is 3.67. The number of carbonyl (C=O) groups is 2. The number of sulfone groups is 1. The van der Waals surface area contributed by atoms with Crippen molar-refractivity contribution in [2.45, 2.75) is 56.0 Å². The van der Waals surface area contributed by atoms with Gasteiger partial charge in [-0.3, -0.25) is 14.5 Å². The molecule has 1 heterocycles. The minimum absolute atomic E-state index is 0.106. The molecule has 1 saturated heterocycles. The van der Waals surface area contributed by atoms with Crippen LogP contribution in [0.3, 0.4) is 0 Å². The molecule has 2 aromatic rings. The minimum Gasteiger partial charge on any atom is -0.381 e. The van der Waals surface area contributed by atoms with Gasteiger partial charge in [-0.15, -0.1) is 0 Å². The van der Waals surface area contributed by atoms with Gasteiger partial charge in [0.1, 0.15) is 5.82 Å². The number of amides is 2. The summed E-state index contributed by atoms with van der Waals surface area (Å²) in [5.41, 5.74) is 2.11. The molecule has 0 radical (unpaired) electrons. The molecule has 1 spiro atoms. The van der Waals surface area contributed by atoms with E-state index in [4.69, 9.17) is 0 Å². The Bertz CT molecular complexity index is 1420. The summed E-state index contributed by atoms with van der Waals surface area (Å²) >= 11 is 0. The summed E-state index contributed by atoms with van der Waals surface area (Å²) in [5.74, 6) is -3.65. The van der Waals surface area contributed by atoms with Crippen molar-refractivity contribution in [2.24, 2.45) is 11.3 Å². The summed E-state index contributed by atoms with van der Waals surface area (Å²) in [7, 11) is -3.27. The zero-order valence-electron chi connectivity index (χ0n) is 23.7. The number of alkyl halides is 2. The van der Waals surface area contributed by atoms with Gasteiger partial charge in [-0.25, -0.2) is 21.6 Å². The third-order valence-corrected chi connectivity index (χ3v) is 10.0. The molecule has 2 saturated carbocycles. The highest BCUT2D eigenvalue weighted by Gasteiger charge is 2.60. The largest absolute Gasteiger partial charge is 0.381 e. The van der Waals surface area contributed by atoms with Gasteiger partial charge >= 0.3 is 0 Å². The molecule has 228 valence electrons. The van der Waals surface area contributed by atoms with Crippen LogP contribution in [-0.2, 0) is 32.5 Å². The average molecular weight is 607 g/mol. The molecule has 42 heavy (non-hydrogen) atoms. The molecule has 3 fully saturated rings. The van der Waals surface area contributed by atoms with Gasteiger partial charge in [0.05, 0.1) is 11.4 Å². The Morgan fingerprint density at radius 1 is 0.976 bits per heavy atom. The number of rotatable bonds is 9. The van der Waals surface area contributed by atoms with Crippen LogP contribution in [0.25, 0.3) is 0 Å². The Labute approximate surface area is 244 Å². The van der Waals surface area contributed by atoms with Gasteiger partial charge in [0.15, 0.2) is 9.84 Å². The standard InChI is InChI=1S/C30H37F3N4O4S/c1-42(40,41)24-5-2-21(3-6-24)18-34-26-7-4-23(31)16-22(26)20-36-12-14-37(15-13-36)27(38)19-35-28(39)25-17-29(25)8-10-30(32,33)11-9-29/h2-7,16,25,34H,8-15,17-20H2,1H3,(H,35,39). The molecule has 5 rings (SSSR count). The maximum Gasteiger partial charge on any atom is 0.248 e. The summed E-state index contributed by atoms with van der Waals surface area (Å²) in [5, 5.41) is 6.04. The van der Waals surface area contributed by atoms with Crippen LogP contribution in [0.5, 0.6) is 0 Å². The second-order valence-electron chi connectivity index (χ2n) is 11.9. The van der Waals surface area contributed by atoms with Gasteiger partial charge in [0.25, 0.3) is 0 Å². The van der Waals surface area contributed by atoms with E-state index in [1.165, 1.54) is 12.1 Å². The first-order chi connectivity index (χ1) is 19.8. The fraction of sp³-hybridized carbons (Fsp3) is 0.533. The number of nitrogens with zero attached hydrogens (tertiary/aromatic N) is 2. The molecular weight excluding hydrogens is 569 g/mol. The highest BCUT2D eigenvalue weighted by Crippen LogP contribution is 2.63. The molecule has 0 bridgehead atoms. The predicted molar refractivity (Wildman–Crippen MR) is 152 cm³/mol. The van der Waals surface area contributed by atoms with Gasteiger partial charge in [0.2, 0.25) is 17.7 Å². The quantitative estimate of drug-likeness (QED) is 0.451. The van der Waals surface area contributed by atoms with Crippen LogP contribution in [0.15, 0.2) is 47.4 Å². The number of carbonyl (C=O) groups excluding carboxylic acids is 2. The zero-order valence-corrected chi connectivity index (χ0v) is 24.5. The first kappa shape index (κ1) is 30.3. The van der Waals surface area contributed by atoms with Crippen LogP contribution >= 0.6 is 0 Å². The van der Waals surface area contributed by atoms with E-state index in [0.29, 0.717) is 58.5 Å². The number of benzene rings is 2. The van der Waals surface area contributed by atoms with Crippen LogP contribution in [0.4, 0.5) is 18.9 Å².